The number of thiophene rings is 1. The summed E-state index contributed by atoms with van der Waals surface area (Å²) in [6.07, 6.45) is -3.28. The zero-order chi connectivity index (χ0) is 25.5. The van der Waals surface area contributed by atoms with Crippen molar-refractivity contribution in [2.45, 2.75) is 11.1 Å². The quantitative estimate of drug-likeness (QED) is 0.308. The highest BCUT2D eigenvalue weighted by Crippen LogP contribution is 2.33. The highest BCUT2D eigenvalue weighted by molar-refractivity contribution is 7.93. The van der Waals surface area contributed by atoms with Crippen LogP contribution in [0.2, 0.25) is 0 Å². The molecule has 0 saturated heterocycles. The SMILES string of the molecule is O=C(Nc1ccc(S(=O)(=O)Nc2nccs2)cc1)c1cc2nc(-c3cccs3)cc(C(F)(F)F)n2n1. The van der Waals surface area contributed by atoms with Crippen LogP contribution in [0, 0.1) is 0 Å². The number of fused-ring (bicyclic) bond motifs is 1. The van der Waals surface area contributed by atoms with Gasteiger partial charge in [-0.05, 0) is 41.8 Å². The van der Waals surface area contributed by atoms with Gasteiger partial charge in [-0.1, -0.05) is 6.07 Å². The van der Waals surface area contributed by atoms with Gasteiger partial charge in [-0.3, -0.25) is 9.52 Å². The lowest BCUT2D eigenvalue weighted by Gasteiger charge is -2.10. The Kier molecular flexibility index (Phi) is 5.97. The van der Waals surface area contributed by atoms with Gasteiger partial charge >= 0.3 is 6.18 Å². The Morgan fingerprint density at radius 2 is 1.81 bits per heavy atom. The van der Waals surface area contributed by atoms with Crippen LogP contribution in [-0.4, -0.2) is 33.9 Å². The molecule has 4 aromatic heterocycles. The Bertz CT molecular complexity index is 1650. The average Bonchev–Trinajstić information content (AvgIpc) is 3.59. The van der Waals surface area contributed by atoms with Gasteiger partial charge in [-0.25, -0.2) is 22.9 Å². The summed E-state index contributed by atoms with van der Waals surface area (Å²) in [5, 5.41) is 9.84. The molecule has 0 radical (unpaired) electrons. The Hall–Kier alpha value is -3.82. The van der Waals surface area contributed by atoms with Gasteiger partial charge in [0.15, 0.2) is 22.2 Å². The number of sulfonamides is 1. The van der Waals surface area contributed by atoms with Crippen molar-refractivity contribution in [2.24, 2.45) is 0 Å². The fourth-order valence-corrected chi connectivity index (χ4v) is 5.67. The molecule has 1 amide bonds. The van der Waals surface area contributed by atoms with Crippen LogP contribution in [0.25, 0.3) is 16.2 Å². The standard InChI is InChI=1S/C21H13F3N6O3S3/c22-21(23,24)17-10-14(16-2-1-8-34-16)27-18-11-15(28-30(17)18)19(31)26-12-3-5-13(6-4-12)36(32,33)29-20-25-7-9-35-20/h1-11H,(H,25,29)(H,26,31). The summed E-state index contributed by atoms with van der Waals surface area (Å²) in [4.78, 5) is 21.3. The van der Waals surface area contributed by atoms with Gasteiger partial charge in [0, 0.05) is 23.3 Å². The molecule has 0 bridgehead atoms. The first kappa shape index (κ1) is 23.9. The van der Waals surface area contributed by atoms with Crippen LogP contribution in [0.1, 0.15) is 16.2 Å². The van der Waals surface area contributed by atoms with E-state index in [2.05, 4.69) is 25.1 Å². The second-order valence-corrected chi connectivity index (χ2v) is 10.7. The molecule has 5 rings (SSSR count). The van der Waals surface area contributed by atoms with E-state index in [9.17, 15) is 26.4 Å². The average molecular weight is 551 g/mol. The smallest absolute Gasteiger partial charge is 0.321 e. The molecule has 36 heavy (non-hydrogen) atoms. The van der Waals surface area contributed by atoms with E-state index in [1.54, 1.807) is 22.9 Å². The number of aromatic nitrogens is 4. The van der Waals surface area contributed by atoms with Crippen molar-refractivity contribution in [1.29, 1.82) is 0 Å². The number of nitrogens with one attached hydrogen (secondary N) is 2. The first-order chi connectivity index (χ1) is 17.1. The van der Waals surface area contributed by atoms with Gasteiger partial charge in [0.1, 0.15) is 0 Å². The van der Waals surface area contributed by atoms with Gasteiger partial charge in [0.2, 0.25) is 0 Å². The summed E-state index contributed by atoms with van der Waals surface area (Å²) < 4.78 is 68.9. The Balaban J connectivity index is 1.40. The fraction of sp³-hybridized carbons (Fsp3) is 0.0476. The third-order valence-electron chi connectivity index (χ3n) is 4.80. The molecule has 0 spiro atoms. The summed E-state index contributed by atoms with van der Waals surface area (Å²) in [6.45, 7) is 0. The topological polar surface area (TPSA) is 118 Å². The Labute approximate surface area is 209 Å². The van der Waals surface area contributed by atoms with Crippen molar-refractivity contribution < 1.29 is 26.4 Å². The lowest BCUT2D eigenvalue weighted by Crippen LogP contribution is -2.16. The van der Waals surface area contributed by atoms with Crippen molar-refractivity contribution in [3.05, 3.63) is 76.9 Å². The minimum Gasteiger partial charge on any atom is -0.321 e. The van der Waals surface area contributed by atoms with E-state index >= 15 is 0 Å². The third kappa shape index (κ3) is 4.80. The largest absolute Gasteiger partial charge is 0.433 e. The molecule has 15 heteroatoms. The summed E-state index contributed by atoms with van der Waals surface area (Å²) in [7, 11) is -3.88. The number of benzene rings is 1. The highest BCUT2D eigenvalue weighted by atomic mass is 32.2. The molecule has 5 aromatic rings. The van der Waals surface area contributed by atoms with E-state index in [-0.39, 0.29) is 32.7 Å². The first-order valence-electron chi connectivity index (χ1n) is 9.96. The maximum atomic E-state index is 13.7. The number of amides is 1. The molecule has 9 nitrogen and oxygen atoms in total. The van der Waals surface area contributed by atoms with Crippen LogP contribution in [0.4, 0.5) is 24.0 Å². The number of anilines is 2. The number of hydrogen-bond donors (Lipinski definition) is 2. The van der Waals surface area contributed by atoms with Gasteiger partial charge in [0.25, 0.3) is 15.9 Å². The number of rotatable bonds is 6. The fourth-order valence-electron chi connectivity index (χ4n) is 3.20. The first-order valence-corrected chi connectivity index (χ1v) is 13.2. The number of hydrogen-bond acceptors (Lipinski definition) is 8. The molecule has 4 heterocycles. The lowest BCUT2D eigenvalue weighted by molar-refractivity contribution is -0.142. The van der Waals surface area contributed by atoms with E-state index in [0.29, 0.717) is 9.39 Å². The zero-order valence-electron chi connectivity index (χ0n) is 17.7. The Morgan fingerprint density at radius 1 is 1.03 bits per heavy atom. The second kappa shape index (κ2) is 9.00. The molecule has 0 aliphatic heterocycles. The van der Waals surface area contributed by atoms with Gasteiger partial charge in [-0.2, -0.15) is 18.3 Å². The number of thiazole rings is 1. The number of carbonyl (C=O) groups excluding carboxylic acids is 1. The summed E-state index contributed by atoms with van der Waals surface area (Å²) in [5.41, 5.74) is -1.18. The van der Waals surface area contributed by atoms with Crippen LogP contribution >= 0.6 is 22.7 Å². The lowest BCUT2D eigenvalue weighted by atomic mass is 10.2. The van der Waals surface area contributed by atoms with Gasteiger partial charge in [0.05, 0.1) is 15.5 Å². The second-order valence-electron chi connectivity index (χ2n) is 7.22. The molecule has 0 saturated carbocycles. The molecule has 0 atom stereocenters. The molecule has 0 aliphatic rings. The molecule has 1 aromatic carbocycles. The predicted octanol–water partition coefficient (Wildman–Crippen LogP) is 4.99. The third-order valence-corrected chi connectivity index (χ3v) is 7.87. The minimum atomic E-state index is -4.74. The van der Waals surface area contributed by atoms with Gasteiger partial charge < -0.3 is 5.32 Å². The number of nitrogens with zero attached hydrogens (tertiary/aromatic N) is 4. The maximum absolute atomic E-state index is 13.7. The van der Waals surface area contributed by atoms with E-state index in [1.165, 1.54) is 41.8 Å². The highest BCUT2D eigenvalue weighted by Gasteiger charge is 2.35. The minimum absolute atomic E-state index is 0.0662. The predicted molar refractivity (Wildman–Crippen MR) is 129 cm³/mol. The normalized spacial score (nSPS) is 12.1. The number of halogens is 3. The van der Waals surface area contributed by atoms with Crippen molar-refractivity contribution >= 4 is 55.1 Å². The number of carbonyl (C=O) groups is 1. The summed E-state index contributed by atoms with van der Waals surface area (Å²) in [5.74, 6) is -0.789. The summed E-state index contributed by atoms with van der Waals surface area (Å²) in [6, 6.07) is 10.6. The molecule has 0 fully saturated rings. The molecule has 0 unspecified atom stereocenters. The van der Waals surface area contributed by atoms with Crippen LogP contribution in [0.15, 0.2) is 70.4 Å². The molecule has 0 aliphatic carbocycles. The maximum Gasteiger partial charge on any atom is 0.433 e. The van der Waals surface area contributed by atoms with Crippen LogP contribution in [0.3, 0.4) is 0 Å². The molecule has 184 valence electrons. The summed E-state index contributed by atoms with van der Waals surface area (Å²) >= 11 is 2.35. The number of alkyl halides is 3. The monoisotopic (exact) mass is 550 g/mol. The molecular formula is C21H13F3N6O3S3. The van der Waals surface area contributed by atoms with Crippen LogP contribution in [-0.2, 0) is 16.2 Å². The Morgan fingerprint density at radius 3 is 2.44 bits per heavy atom. The molecular weight excluding hydrogens is 537 g/mol. The van der Waals surface area contributed by atoms with E-state index in [4.69, 9.17) is 0 Å². The van der Waals surface area contributed by atoms with Crippen LogP contribution in [0.5, 0.6) is 0 Å². The van der Waals surface area contributed by atoms with Crippen LogP contribution < -0.4 is 10.0 Å². The van der Waals surface area contributed by atoms with Crippen molar-refractivity contribution in [1.82, 2.24) is 19.6 Å². The van der Waals surface area contributed by atoms with Crippen molar-refractivity contribution in [3.63, 3.8) is 0 Å². The van der Waals surface area contributed by atoms with E-state index < -0.39 is 27.8 Å². The van der Waals surface area contributed by atoms with Crippen molar-refractivity contribution in [2.75, 3.05) is 10.0 Å². The van der Waals surface area contributed by atoms with Gasteiger partial charge in [-0.15, -0.1) is 22.7 Å². The van der Waals surface area contributed by atoms with E-state index in [0.717, 1.165) is 23.5 Å². The zero-order valence-corrected chi connectivity index (χ0v) is 20.2. The molecule has 2 N–H and O–H groups in total. The van der Waals surface area contributed by atoms with Crippen molar-refractivity contribution in [3.8, 4) is 10.6 Å². The van der Waals surface area contributed by atoms with E-state index in [1.807, 2.05) is 0 Å².